The number of esters is 5. The third-order valence-electron chi connectivity index (χ3n) is 5.99. The van der Waals surface area contributed by atoms with E-state index in [4.69, 9.17) is 33.2 Å². The molecule has 38 heavy (non-hydrogen) atoms. The molecule has 0 saturated carbocycles. The molecule has 0 radical (unpaired) electrons. The van der Waals surface area contributed by atoms with Gasteiger partial charge < -0.3 is 33.2 Å². The van der Waals surface area contributed by atoms with Gasteiger partial charge in [-0.2, -0.15) is 0 Å². The van der Waals surface area contributed by atoms with E-state index in [2.05, 4.69) is 0 Å². The number of rotatable bonds is 10. The summed E-state index contributed by atoms with van der Waals surface area (Å²) in [5.41, 5.74) is 0.946. The highest BCUT2D eigenvalue weighted by molar-refractivity contribution is 5.74. The molecule has 1 heterocycles. The van der Waals surface area contributed by atoms with Crippen molar-refractivity contribution in [2.24, 2.45) is 0 Å². The van der Waals surface area contributed by atoms with Crippen molar-refractivity contribution in [1.29, 1.82) is 0 Å². The second-order valence-electron chi connectivity index (χ2n) is 8.74. The third-order valence-corrected chi connectivity index (χ3v) is 5.99. The second kappa shape index (κ2) is 13.8. The van der Waals surface area contributed by atoms with Crippen LogP contribution in [-0.4, -0.2) is 75.6 Å². The average Bonchev–Trinajstić information content (AvgIpc) is 2.85. The molecule has 0 N–H and O–H groups in total. The van der Waals surface area contributed by atoms with Crippen molar-refractivity contribution in [3.63, 3.8) is 0 Å². The number of benzene rings is 1. The van der Waals surface area contributed by atoms with Gasteiger partial charge in [-0.15, -0.1) is 0 Å². The van der Waals surface area contributed by atoms with Gasteiger partial charge in [-0.05, 0) is 24.6 Å². The standard InChI is InChI=1S/C26H34O12/c1-13-23(36-14(2)27)25(37-15(3)28)26(38-16(4)29)24(35-13)19-10-17(8-9-20(19)32-5)18(11-21(30)33-6)12-22(31)34-7/h8-10,13,18,23-26H,11-12H2,1-7H3/t13-,23+,24+,25+,26+/m0/s1. The summed E-state index contributed by atoms with van der Waals surface area (Å²) in [4.78, 5) is 60.1. The van der Waals surface area contributed by atoms with Crippen molar-refractivity contribution in [1.82, 2.24) is 0 Å². The van der Waals surface area contributed by atoms with Crippen LogP contribution in [0.4, 0.5) is 0 Å². The number of carbonyl (C=O) groups is 5. The minimum atomic E-state index is -1.24. The lowest BCUT2D eigenvalue weighted by molar-refractivity contribution is -0.245. The molecule has 1 aromatic rings. The Morgan fingerprint density at radius 1 is 0.789 bits per heavy atom. The molecule has 5 atom stereocenters. The molecule has 0 bridgehead atoms. The van der Waals surface area contributed by atoms with E-state index in [0.29, 0.717) is 16.9 Å². The van der Waals surface area contributed by atoms with Gasteiger partial charge >= 0.3 is 29.8 Å². The van der Waals surface area contributed by atoms with Gasteiger partial charge in [0.15, 0.2) is 18.3 Å². The van der Waals surface area contributed by atoms with Crippen molar-refractivity contribution < 1.29 is 57.1 Å². The summed E-state index contributed by atoms with van der Waals surface area (Å²) in [5.74, 6) is -3.37. The van der Waals surface area contributed by atoms with Crippen LogP contribution in [0.1, 0.15) is 63.7 Å². The lowest BCUT2D eigenvalue weighted by Crippen LogP contribution is -2.57. The Hall–Kier alpha value is -3.67. The van der Waals surface area contributed by atoms with Crippen LogP contribution in [-0.2, 0) is 52.4 Å². The van der Waals surface area contributed by atoms with Crippen molar-refractivity contribution in [2.45, 2.75) is 77.0 Å². The van der Waals surface area contributed by atoms with Crippen LogP contribution in [0.15, 0.2) is 18.2 Å². The maximum absolute atomic E-state index is 12.1. The Balaban J connectivity index is 2.65. The number of methoxy groups -OCH3 is 3. The minimum Gasteiger partial charge on any atom is -0.496 e. The summed E-state index contributed by atoms with van der Waals surface area (Å²) in [5, 5.41) is 0. The molecule has 2 rings (SSSR count). The Morgan fingerprint density at radius 3 is 1.76 bits per heavy atom. The predicted molar refractivity (Wildman–Crippen MR) is 129 cm³/mol. The molecular weight excluding hydrogens is 504 g/mol. The van der Waals surface area contributed by atoms with Gasteiger partial charge in [-0.3, -0.25) is 24.0 Å². The molecule has 210 valence electrons. The highest BCUT2D eigenvalue weighted by Gasteiger charge is 2.51. The smallest absolute Gasteiger partial charge is 0.306 e. The van der Waals surface area contributed by atoms with Crippen molar-refractivity contribution in [2.75, 3.05) is 21.3 Å². The van der Waals surface area contributed by atoms with Gasteiger partial charge in [0.1, 0.15) is 11.9 Å². The fourth-order valence-electron chi connectivity index (χ4n) is 4.37. The monoisotopic (exact) mass is 538 g/mol. The van der Waals surface area contributed by atoms with E-state index in [1.165, 1.54) is 42.1 Å². The van der Waals surface area contributed by atoms with Gasteiger partial charge in [0.05, 0.1) is 40.3 Å². The van der Waals surface area contributed by atoms with Gasteiger partial charge in [-0.1, -0.05) is 6.07 Å². The zero-order valence-electron chi connectivity index (χ0n) is 22.5. The third kappa shape index (κ3) is 7.91. The summed E-state index contributed by atoms with van der Waals surface area (Å²) in [6.07, 6.45) is -5.58. The Kier molecular flexibility index (Phi) is 11.1. The SMILES string of the molecule is COC(=O)CC(CC(=O)OC)c1ccc(OC)c([C@H]2O[C@@H](C)[C@@H](OC(C)=O)[C@@H](OC(C)=O)[C@@H]2OC(C)=O)c1. The molecule has 0 unspecified atom stereocenters. The van der Waals surface area contributed by atoms with Crippen LogP contribution in [0, 0.1) is 0 Å². The predicted octanol–water partition coefficient (Wildman–Crippen LogP) is 2.16. The average molecular weight is 539 g/mol. The fraction of sp³-hybridized carbons (Fsp3) is 0.577. The largest absolute Gasteiger partial charge is 0.496 e. The molecule has 0 aromatic heterocycles. The van der Waals surface area contributed by atoms with Crippen LogP contribution in [0.2, 0.25) is 0 Å². The molecule has 1 fully saturated rings. The molecule has 0 aliphatic carbocycles. The first kappa shape index (κ1) is 30.6. The Morgan fingerprint density at radius 2 is 1.29 bits per heavy atom. The zero-order valence-corrected chi connectivity index (χ0v) is 22.5. The fourth-order valence-corrected chi connectivity index (χ4v) is 4.37. The number of hydrogen-bond acceptors (Lipinski definition) is 12. The highest BCUT2D eigenvalue weighted by Crippen LogP contribution is 2.42. The maximum atomic E-state index is 12.1. The molecule has 1 aliphatic rings. The first-order chi connectivity index (χ1) is 17.9. The van der Waals surface area contributed by atoms with Crippen LogP contribution in [0.25, 0.3) is 0 Å². The number of ether oxygens (including phenoxy) is 7. The van der Waals surface area contributed by atoms with Gasteiger partial charge in [0.25, 0.3) is 0 Å². The van der Waals surface area contributed by atoms with E-state index < -0.39 is 66.3 Å². The lowest BCUT2D eigenvalue weighted by Gasteiger charge is -2.44. The summed E-state index contributed by atoms with van der Waals surface area (Å²) < 4.78 is 37.7. The van der Waals surface area contributed by atoms with Gasteiger partial charge in [0, 0.05) is 32.3 Å². The maximum Gasteiger partial charge on any atom is 0.306 e. The summed E-state index contributed by atoms with van der Waals surface area (Å²) in [7, 11) is 3.91. The molecule has 12 nitrogen and oxygen atoms in total. The zero-order chi connectivity index (χ0) is 28.6. The lowest BCUT2D eigenvalue weighted by atomic mass is 9.86. The van der Waals surface area contributed by atoms with Crippen LogP contribution < -0.4 is 4.74 Å². The first-order valence-corrected chi connectivity index (χ1v) is 11.9. The van der Waals surface area contributed by atoms with E-state index in [1.807, 2.05) is 0 Å². The second-order valence-corrected chi connectivity index (χ2v) is 8.74. The summed E-state index contributed by atoms with van der Waals surface area (Å²) in [6.45, 7) is 5.17. The van der Waals surface area contributed by atoms with E-state index in [-0.39, 0.29) is 12.8 Å². The minimum absolute atomic E-state index is 0.114. The molecule has 1 saturated heterocycles. The number of carbonyl (C=O) groups excluding carboxylic acids is 5. The van der Waals surface area contributed by atoms with Crippen molar-refractivity contribution in [3.8, 4) is 5.75 Å². The molecule has 1 aliphatic heterocycles. The van der Waals surface area contributed by atoms with Crippen LogP contribution in [0.3, 0.4) is 0 Å². The highest BCUT2D eigenvalue weighted by atomic mass is 16.6. The number of hydrogen-bond donors (Lipinski definition) is 0. The summed E-state index contributed by atoms with van der Waals surface area (Å²) in [6, 6.07) is 4.95. The normalized spacial score (nSPS) is 22.7. The van der Waals surface area contributed by atoms with E-state index in [1.54, 1.807) is 25.1 Å². The molecule has 0 amide bonds. The van der Waals surface area contributed by atoms with Crippen LogP contribution in [0.5, 0.6) is 5.75 Å². The summed E-state index contributed by atoms with van der Waals surface area (Å²) >= 11 is 0. The van der Waals surface area contributed by atoms with Crippen molar-refractivity contribution in [3.05, 3.63) is 29.3 Å². The van der Waals surface area contributed by atoms with E-state index in [0.717, 1.165) is 0 Å². The van der Waals surface area contributed by atoms with Crippen LogP contribution >= 0.6 is 0 Å². The van der Waals surface area contributed by atoms with E-state index >= 15 is 0 Å². The molecule has 1 aromatic carbocycles. The molecular formula is C26H34O12. The Bertz CT molecular complexity index is 1020. The van der Waals surface area contributed by atoms with Crippen molar-refractivity contribution >= 4 is 29.8 Å². The van der Waals surface area contributed by atoms with Gasteiger partial charge in [-0.25, -0.2) is 0 Å². The molecule has 0 spiro atoms. The Labute approximate surface area is 220 Å². The topological polar surface area (TPSA) is 150 Å². The van der Waals surface area contributed by atoms with E-state index in [9.17, 15) is 24.0 Å². The van der Waals surface area contributed by atoms with Gasteiger partial charge in [0.2, 0.25) is 0 Å². The molecule has 12 heteroatoms. The first-order valence-electron chi connectivity index (χ1n) is 11.9. The quantitative estimate of drug-likeness (QED) is 0.317.